The standard InChI is InChI=1S/C23H38N2O4/c1-13(2)19-18(24-21(26)29-23(3,4)5)6-7-25(19)22(27)28-20-16-9-14-8-15(11-16)12-17(20)10-14/h13-20H,6-12H2,1-5H3,(H,24,26)/t14?,15?,16?,17?,18-,19+,20?/m1/s1. The molecule has 4 bridgehead atoms. The molecule has 2 atom stereocenters. The normalized spacial score (nSPS) is 38.4. The molecule has 6 heteroatoms. The van der Waals surface area contributed by atoms with E-state index in [1.165, 1.54) is 32.1 Å². The van der Waals surface area contributed by atoms with Gasteiger partial charge in [0.05, 0.1) is 12.1 Å². The van der Waals surface area contributed by atoms with Crippen molar-refractivity contribution in [2.75, 3.05) is 6.54 Å². The zero-order valence-electron chi connectivity index (χ0n) is 18.6. The van der Waals surface area contributed by atoms with E-state index in [2.05, 4.69) is 19.2 Å². The number of rotatable bonds is 3. The molecule has 0 spiro atoms. The van der Waals surface area contributed by atoms with Crippen LogP contribution in [0.25, 0.3) is 0 Å². The highest BCUT2D eigenvalue weighted by atomic mass is 16.6. The number of likely N-dealkylation sites (tertiary alicyclic amines) is 1. The lowest BCUT2D eigenvalue weighted by atomic mass is 9.55. The maximum absolute atomic E-state index is 13.2. The lowest BCUT2D eigenvalue weighted by molar-refractivity contribution is -0.103. The number of nitrogens with zero attached hydrogens (tertiary/aromatic N) is 1. The van der Waals surface area contributed by atoms with Crippen molar-refractivity contribution in [3.8, 4) is 0 Å². The molecule has 5 rings (SSSR count). The number of carbonyl (C=O) groups excluding carboxylic acids is 2. The molecule has 0 aromatic heterocycles. The summed E-state index contributed by atoms with van der Waals surface area (Å²) in [5.74, 6) is 3.08. The summed E-state index contributed by atoms with van der Waals surface area (Å²) in [6.07, 6.45) is 6.58. The van der Waals surface area contributed by atoms with E-state index in [0.29, 0.717) is 18.4 Å². The van der Waals surface area contributed by atoms with E-state index in [-0.39, 0.29) is 30.2 Å². The Morgan fingerprint density at radius 3 is 2.10 bits per heavy atom. The van der Waals surface area contributed by atoms with E-state index in [4.69, 9.17) is 9.47 Å². The van der Waals surface area contributed by atoms with Crippen LogP contribution in [0.1, 0.15) is 73.1 Å². The van der Waals surface area contributed by atoms with E-state index in [1.807, 2.05) is 25.7 Å². The van der Waals surface area contributed by atoms with Gasteiger partial charge in [0.25, 0.3) is 0 Å². The van der Waals surface area contributed by atoms with Crippen LogP contribution in [0.2, 0.25) is 0 Å². The number of nitrogens with one attached hydrogen (secondary N) is 1. The second kappa shape index (κ2) is 7.66. The zero-order valence-corrected chi connectivity index (χ0v) is 18.6. The van der Waals surface area contributed by atoms with Crippen LogP contribution in [0.3, 0.4) is 0 Å². The van der Waals surface area contributed by atoms with Gasteiger partial charge in [0, 0.05) is 6.54 Å². The minimum Gasteiger partial charge on any atom is -0.446 e. The predicted octanol–water partition coefficient (Wildman–Crippen LogP) is 4.57. The molecule has 4 aliphatic carbocycles. The molecular formula is C23H38N2O4. The molecule has 1 aliphatic heterocycles. The topological polar surface area (TPSA) is 67.9 Å². The Bertz CT molecular complexity index is 613. The van der Waals surface area contributed by atoms with E-state index in [9.17, 15) is 9.59 Å². The highest BCUT2D eigenvalue weighted by Gasteiger charge is 2.51. The third-order valence-electron chi connectivity index (χ3n) is 7.45. The number of hydrogen-bond acceptors (Lipinski definition) is 4. The Labute approximate surface area is 175 Å². The van der Waals surface area contributed by atoms with Crippen LogP contribution < -0.4 is 5.32 Å². The summed E-state index contributed by atoms with van der Waals surface area (Å²) in [5.41, 5.74) is -0.534. The van der Waals surface area contributed by atoms with Crippen LogP contribution in [0.5, 0.6) is 0 Å². The number of ether oxygens (including phenoxy) is 2. The van der Waals surface area contributed by atoms with Gasteiger partial charge in [-0.3, -0.25) is 0 Å². The molecule has 2 amide bonds. The van der Waals surface area contributed by atoms with Gasteiger partial charge in [-0.1, -0.05) is 13.8 Å². The molecule has 0 aromatic carbocycles. The monoisotopic (exact) mass is 406 g/mol. The Balaban J connectivity index is 1.38. The van der Waals surface area contributed by atoms with Gasteiger partial charge < -0.3 is 19.7 Å². The summed E-state index contributed by atoms with van der Waals surface area (Å²) in [6, 6.07) is -0.164. The minimum absolute atomic E-state index is 0.0631. The Morgan fingerprint density at radius 1 is 1.00 bits per heavy atom. The number of carbonyl (C=O) groups is 2. The number of amides is 2. The third kappa shape index (κ3) is 4.36. The molecule has 29 heavy (non-hydrogen) atoms. The van der Waals surface area contributed by atoms with Gasteiger partial charge >= 0.3 is 12.2 Å². The Kier molecular flexibility index (Phi) is 5.49. The van der Waals surface area contributed by atoms with E-state index in [0.717, 1.165) is 18.3 Å². The average Bonchev–Trinajstić information content (AvgIpc) is 2.99. The molecule has 4 saturated carbocycles. The van der Waals surface area contributed by atoms with Crippen molar-refractivity contribution >= 4 is 12.2 Å². The summed E-state index contributed by atoms with van der Waals surface area (Å²) < 4.78 is 11.6. The van der Waals surface area contributed by atoms with Crippen LogP contribution >= 0.6 is 0 Å². The molecule has 0 unspecified atom stereocenters. The maximum Gasteiger partial charge on any atom is 0.410 e. The van der Waals surface area contributed by atoms with Crippen LogP contribution in [0.4, 0.5) is 9.59 Å². The smallest absolute Gasteiger partial charge is 0.410 e. The van der Waals surface area contributed by atoms with Crippen molar-refractivity contribution in [2.45, 2.75) is 96.9 Å². The second-order valence-corrected chi connectivity index (χ2v) is 11.2. The third-order valence-corrected chi connectivity index (χ3v) is 7.45. The highest BCUT2D eigenvalue weighted by Crippen LogP contribution is 2.54. The largest absolute Gasteiger partial charge is 0.446 e. The van der Waals surface area contributed by atoms with Gasteiger partial charge in [0.15, 0.2) is 0 Å². The molecule has 0 radical (unpaired) electrons. The molecule has 1 saturated heterocycles. The highest BCUT2D eigenvalue weighted by molar-refractivity contribution is 5.71. The SMILES string of the molecule is CC(C)[C@H]1[C@H](NC(=O)OC(C)(C)C)CCN1C(=O)OC1C2CC3CC(C2)CC1C3. The molecule has 5 fully saturated rings. The first-order chi connectivity index (χ1) is 13.6. The van der Waals surface area contributed by atoms with Crippen molar-refractivity contribution in [1.82, 2.24) is 10.2 Å². The first-order valence-corrected chi connectivity index (χ1v) is 11.6. The summed E-state index contributed by atoms with van der Waals surface area (Å²) >= 11 is 0. The maximum atomic E-state index is 13.2. The molecule has 0 aromatic rings. The Hall–Kier alpha value is -1.46. The molecule has 1 N–H and O–H groups in total. The van der Waals surface area contributed by atoms with Gasteiger partial charge in [-0.2, -0.15) is 0 Å². The molecule has 164 valence electrons. The number of alkyl carbamates (subject to hydrolysis) is 1. The molecule has 1 heterocycles. The molecule has 5 aliphatic rings. The van der Waals surface area contributed by atoms with Crippen molar-refractivity contribution in [2.24, 2.45) is 29.6 Å². The minimum atomic E-state index is -0.534. The van der Waals surface area contributed by atoms with Gasteiger partial charge in [-0.25, -0.2) is 9.59 Å². The van der Waals surface area contributed by atoms with Crippen molar-refractivity contribution in [3.05, 3.63) is 0 Å². The lowest BCUT2D eigenvalue weighted by Gasteiger charge is -2.53. The van der Waals surface area contributed by atoms with Crippen LogP contribution in [0, 0.1) is 29.6 Å². The van der Waals surface area contributed by atoms with Crippen LogP contribution in [-0.2, 0) is 9.47 Å². The molecule has 6 nitrogen and oxygen atoms in total. The summed E-state index contributed by atoms with van der Waals surface area (Å²) in [7, 11) is 0. The number of hydrogen-bond donors (Lipinski definition) is 1. The fourth-order valence-electron chi connectivity index (χ4n) is 6.72. The average molecular weight is 407 g/mol. The Morgan fingerprint density at radius 2 is 1.59 bits per heavy atom. The fourth-order valence-corrected chi connectivity index (χ4v) is 6.72. The van der Waals surface area contributed by atoms with Crippen LogP contribution in [-0.4, -0.2) is 47.4 Å². The quantitative estimate of drug-likeness (QED) is 0.745. The van der Waals surface area contributed by atoms with Gasteiger partial charge in [0.1, 0.15) is 11.7 Å². The lowest BCUT2D eigenvalue weighted by Crippen LogP contribution is -2.53. The van der Waals surface area contributed by atoms with Crippen LogP contribution in [0.15, 0.2) is 0 Å². The van der Waals surface area contributed by atoms with Crippen molar-refractivity contribution < 1.29 is 19.1 Å². The van der Waals surface area contributed by atoms with E-state index >= 15 is 0 Å². The predicted molar refractivity (Wildman–Crippen MR) is 110 cm³/mol. The molecular weight excluding hydrogens is 368 g/mol. The first-order valence-electron chi connectivity index (χ1n) is 11.6. The van der Waals surface area contributed by atoms with Crippen molar-refractivity contribution in [3.63, 3.8) is 0 Å². The fraction of sp³-hybridized carbons (Fsp3) is 0.913. The van der Waals surface area contributed by atoms with Crippen molar-refractivity contribution in [1.29, 1.82) is 0 Å². The zero-order chi connectivity index (χ0) is 20.9. The summed E-state index contributed by atoms with van der Waals surface area (Å²) in [6.45, 7) is 10.4. The van der Waals surface area contributed by atoms with E-state index in [1.54, 1.807) is 0 Å². The summed E-state index contributed by atoms with van der Waals surface area (Å²) in [5, 5.41) is 3.00. The van der Waals surface area contributed by atoms with E-state index < -0.39 is 11.7 Å². The van der Waals surface area contributed by atoms with Gasteiger partial charge in [0.2, 0.25) is 0 Å². The van der Waals surface area contributed by atoms with Gasteiger partial charge in [-0.15, -0.1) is 0 Å². The second-order valence-electron chi connectivity index (χ2n) is 11.2. The summed E-state index contributed by atoms with van der Waals surface area (Å²) in [4.78, 5) is 27.3. The first kappa shape index (κ1) is 20.8. The van der Waals surface area contributed by atoms with Gasteiger partial charge in [-0.05, 0) is 88.9 Å².